The Morgan fingerprint density at radius 3 is 2.41 bits per heavy atom. The third-order valence-corrected chi connectivity index (χ3v) is 6.41. The molecule has 0 spiro atoms. The van der Waals surface area contributed by atoms with E-state index >= 15 is 0 Å². The molecule has 0 bridgehead atoms. The van der Waals surface area contributed by atoms with Crippen LogP contribution in [0.1, 0.15) is 56.6 Å². The Kier molecular flexibility index (Phi) is 6.93. The summed E-state index contributed by atoms with van der Waals surface area (Å²) in [6.45, 7) is 3.35. The molecule has 2 aromatic carbocycles. The Hall–Kier alpha value is -3.08. The van der Waals surface area contributed by atoms with Crippen LogP contribution < -0.4 is 9.64 Å². The molecule has 0 saturated heterocycles. The molecule has 0 aliphatic carbocycles. The molecule has 0 unspecified atom stereocenters. The summed E-state index contributed by atoms with van der Waals surface area (Å²) in [4.78, 5) is 30.7. The number of unbranched alkanes of at least 4 members (excludes halogenated alkanes) is 5. The van der Waals surface area contributed by atoms with Crippen molar-refractivity contribution in [3.8, 4) is 5.75 Å². The average Bonchev–Trinajstić information content (AvgIpc) is 3.34. The van der Waals surface area contributed by atoms with Crippen LogP contribution in [0.5, 0.6) is 5.75 Å². The van der Waals surface area contributed by atoms with E-state index in [-0.39, 0.29) is 11.8 Å². The highest BCUT2D eigenvalue weighted by atomic mass is 16.5. The lowest BCUT2D eigenvalue weighted by Gasteiger charge is -2.22. The Morgan fingerprint density at radius 1 is 0.875 bits per heavy atom. The Morgan fingerprint density at radius 2 is 1.59 bits per heavy atom. The smallest absolute Gasteiger partial charge is 0.278 e. The molecule has 2 aliphatic heterocycles. The largest absolute Gasteiger partial charge is 0.496 e. The molecule has 2 heterocycles. The second-order valence-corrected chi connectivity index (χ2v) is 8.48. The number of hydrogen-bond donors (Lipinski definition) is 0. The van der Waals surface area contributed by atoms with Crippen LogP contribution in [-0.4, -0.2) is 36.9 Å². The maximum atomic E-state index is 13.6. The lowest BCUT2D eigenvalue weighted by atomic mass is 10.0. The molecule has 0 atom stereocenters. The van der Waals surface area contributed by atoms with Gasteiger partial charge in [0.05, 0.1) is 12.7 Å². The number of carbonyl (C=O) groups excluding carboxylic acids is 2. The zero-order valence-electron chi connectivity index (χ0n) is 19.1. The van der Waals surface area contributed by atoms with Gasteiger partial charge < -0.3 is 9.64 Å². The van der Waals surface area contributed by atoms with E-state index in [0.29, 0.717) is 35.7 Å². The van der Waals surface area contributed by atoms with Crippen molar-refractivity contribution in [2.75, 3.05) is 25.1 Å². The number of benzene rings is 2. The van der Waals surface area contributed by atoms with Gasteiger partial charge in [-0.15, -0.1) is 0 Å². The Labute approximate surface area is 190 Å². The van der Waals surface area contributed by atoms with Gasteiger partial charge in [0.15, 0.2) is 0 Å². The van der Waals surface area contributed by atoms with E-state index < -0.39 is 0 Å². The van der Waals surface area contributed by atoms with Gasteiger partial charge in [-0.2, -0.15) is 0 Å². The van der Waals surface area contributed by atoms with Gasteiger partial charge in [-0.25, -0.2) is 0 Å². The summed E-state index contributed by atoms with van der Waals surface area (Å²) < 4.78 is 5.56. The number of fused-ring (bicyclic) bond motifs is 1. The fourth-order valence-electron chi connectivity index (χ4n) is 4.73. The first-order valence-corrected chi connectivity index (χ1v) is 11.8. The number of ether oxygens (including phenoxy) is 1. The van der Waals surface area contributed by atoms with Crippen molar-refractivity contribution in [2.45, 2.75) is 51.9 Å². The summed E-state index contributed by atoms with van der Waals surface area (Å²) in [5.41, 5.74) is 3.83. The van der Waals surface area contributed by atoms with Crippen molar-refractivity contribution in [3.63, 3.8) is 0 Å². The molecule has 0 radical (unpaired) electrons. The number of anilines is 1. The molecule has 5 heteroatoms. The quantitative estimate of drug-likeness (QED) is 0.383. The van der Waals surface area contributed by atoms with E-state index in [1.54, 1.807) is 7.11 Å². The van der Waals surface area contributed by atoms with Crippen LogP contribution in [0.2, 0.25) is 0 Å². The van der Waals surface area contributed by atoms with E-state index in [4.69, 9.17) is 4.74 Å². The maximum absolute atomic E-state index is 13.6. The number of nitrogens with zero attached hydrogens (tertiary/aromatic N) is 2. The number of para-hydroxylation sites is 2. The van der Waals surface area contributed by atoms with Crippen molar-refractivity contribution in [1.82, 2.24) is 4.90 Å². The Balaban J connectivity index is 1.67. The zero-order chi connectivity index (χ0) is 22.5. The van der Waals surface area contributed by atoms with Crippen molar-refractivity contribution in [1.29, 1.82) is 0 Å². The number of methoxy groups -OCH3 is 1. The summed E-state index contributed by atoms with van der Waals surface area (Å²) >= 11 is 0. The number of hydrogen-bond acceptors (Lipinski definition) is 4. The fourth-order valence-corrected chi connectivity index (χ4v) is 4.73. The summed E-state index contributed by atoms with van der Waals surface area (Å²) in [5, 5.41) is 0. The molecule has 5 nitrogen and oxygen atoms in total. The molecule has 0 fully saturated rings. The van der Waals surface area contributed by atoms with Crippen molar-refractivity contribution in [3.05, 3.63) is 65.4 Å². The van der Waals surface area contributed by atoms with Crippen LogP contribution >= 0.6 is 0 Å². The van der Waals surface area contributed by atoms with Crippen LogP contribution in [-0.2, 0) is 16.0 Å². The first-order valence-electron chi connectivity index (χ1n) is 11.8. The van der Waals surface area contributed by atoms with Gasteiger partial charge in [0.2, 0.25) is 0 Å². The molecule has 2 aromatic rings. The summed E-state index contributed by atoms with van der Waals surface area (Å²) in [7, 11) is 1.60. The third-order valence-electron chi connectivity index (χ3n) is 6.41. The normalized spacial score (nSPS) is 15.7. The summed E-state index contributed by atoms with van der Waals surface area (Å²) in [6.07, 6.45) is 7.52. The van der Waals surface area contributed by atoms with Gasteiger partial charge in [0.1, 0.15) is 11.4 Å². The molecule has 0 N–H and O–H groups in total. The standard InChI is InChI=1S/C27H32N2O3/c1-3-4-5-6-7-12-18-29-26(30)24(21-14-9-11-16-23(21)32-2)25(27(29)31)28-19-17-20-13-8-10-15-22(20)28/h8-11,13-16H,3-7,12,17-19H2,1-2H3. The van der Waals surface area contributed by atoms with E-state index in [0.717, 1.165) is 31.4 Å². The number of amides is 2. The van der Waals surface area contributed by atoms with E-state index in [9.17, 15) is 9.59 Å². The first kappa shape index (κ1) is 22.1. The Bertz CT molecular complexity index is 1030. The number of rotatable bonds is 10. The van der Waals surface area contributed by atoms with Crippen LogP contribution in [0.15, 0.2) is 54.2 Å². The van der Waals surface area contributed by atoms with Crippen LogP contribution in [0.4, 0.5) is 5.69 Å². The SMILES string of the molecule is CCCCCCCCN1C(=O)C(c2ccccc2OC)=C(N2CCc3ccccc32)C1=O. The molecule has 2 aliphatic rings. The summed E-state index contributed by atoms with van der Waals surface area (Å²) in [6, 6.07) is 15.6. The highest BCUT2D eigenvalue weighted by molar-refractivity contribution is 6.37. The van der Waals surface area contributed by atoms with Crippen LogP contribution in [0.3, 0.4) is 0 Å². The highest BCUT2D eigenvalue weighted by Crippen LogP contribution is 2.40. The topological polar surface area (TPSA) is 49.9 Å². The number of imide groups is 1. The molecular weight excluding hydrogens is 400 g/mol. The van der Waals surface area contributed by atoms with E-state index in [1.165, 1.54) is 29.7 Å². The molecule has 32 heavy (non-hydrogen) atoms. The van der Waals surface area contributed by atoms with Gasteiger partial charge in [0, 0.05) is 24.3 Å². The molecule has 2 amide bonds. The number of carbonyl (C=O) groups is 2. The minimum atomic E-state index is -0.215. The first-order chi connectivity index (χ1) is 15.7. The predicted octanol–water partition coefficient (Wildman–Crippen LogP) is 5.20. The van der Waals surface area contributed by atoms with Gasteiger partial charge in [-0.3, -0.25) is 14.5 Å². The molecule has 168 valence electrons. The second kappa shape index (κ2) is 10.0. The summed E-state index contributed by atoms with van der Waals surface area (Å²) in [5.74, 6) is 0.198. The molecular formula is C27H32N2O3. The fraction of sp³-hybridized carbons (Fsp3) is 0.407. The lowest BCUT2D eigenvalue weighted by Crippen LogP contribution is -2.35. The second-order valence-electron chi connectivity index (χ2n) is 8.48. The minimum absolute atomic E-state index is 0.193. The van der Waals surface area contributed by atoms with Crippen molar-refractivity contribution < 1.29 is 14.3 Å². The van der Waals surface area contributed by atoms with Gasteiger partial charge in [0.25, 0.3) is 11.8 Å². The van der Waals surface area contributed by atoms with E-state index in [2.05, 4.69) is 13.0 Å². The monoisotopic (exact) mass is 432 g/mol. The average molecular weight is 433 g/mol. The lowest BCUT2D eigenvalue weighted by molar-refractivity contribution is -0.137. The van der Waals surface area contributed by atoms with Crippen molar-refractivity contribution in [2.24, 2.45) is 0 Å². The van der Waals surface area contributed by atoms with Gasteiger partial charge in [-0.05, 0) is 30.5 Å². The minimum Gasteiger partial charge on any atom is -0.496 e. The van der Waals surface area contributed by atoms with Gasteiger partial charge in [-0.1, -0.05) is 75.4 Å². The molecule has 4 rings (SSSR count). The molecule has 0 aromatic heterocycles. The van der Waals surface area contributed by atoms with Gasteiger partial charge >= 0.3 is 0 Å². The van der Waals surface area contributed by atoms with Crippen molar-refractivity contribution >= 4 is 23.1 Å². The van der Waals surface area contributed by atoms with Crippen LogP contribution in [0, 0.1) is 0 Å². The third kappa shape index (κ3) is 4.16. The van der Waals surface area contributed by atoms with Crippen LogP contribution in [0.25, 0.3) is 5.57 Å². The zero-order valence-corrected chi connectivity index (χ0v) is 19.1. The highest BCUT2D eigenvalue weighted by Gasteiger charge is 2.43. The van der Waals surface area contributed by atoms with E-state index in [1.807, 2.05) is 47.4 Å². The molecule has 0 saturated carbocycles. The predicted molar refractivity (Wildman–Crippen MR) is 128 cm³/mol. The maximum Gasteiger partial charge on any atom is 0.278 e.